The van der Waals surface area contributed by atoms with E-state index in [0.717, 1.165) is 37.4 Å². The Bertz CT molecular complexity index is 722. The SMILES string of the molecule is Cc1ccc(CNC(=O)[C@@H](C)[NH+]2CCN(c3ccc(F)cc3)CC2)cc1. The first kappa shape index (κ1) is 18.4. The highest BCUT2D eigenvalue weighted by Gasteiger charge is 2.29. The van der Waals surface area contributed by atoms with Crippen LogP contribution in [0.4, 0.5) is 10.1 Å². The van der Waals surface area contributed by atoms with Crippen LogP contribution >= 0.6 is 0 Å². The second kappa shape index (κ2) is 8.32. The Labute approximate surface area is 154 Å². The largest absolute Gasteiger partial charge is 0.360 e. The summed E-state index contributed by atoms with van der Waals surface area (Å²) in [6.45, 7) is 8.16. The fourth-order valence-electron chi connectivity index (χ4n) is 3.37. The summed E-state index contributed by atoms with van der Waals surface area (Å²) in [4.78, 5) is 16.0. The molecule has 1 amide bonds. The van der Waals surface area contributed by atoms with Crippen molar-refractivity contribution in [1.29, 1.82) is 0 Å². The Hall–Kier alpha value is -2.40. The van der Waals surface area contributed by atoms with Gasteiger partial charge in [-0.15, -0.1) is 0 Å². The quantitative estimate of drug-likeness (QED) is 0.853. The van der Waals surface area contributed by atoms with Crippen LogP contribution in [0.2, 0.25) is 0 Å². The molecule has 138 valence electrons. The molecule has 4 nitrogen and oxygen atoms in total. The van der Waals surface area contributed by atoms with E-state index < -0.39 is 0 Å². The molecule has 1 saturated heterocycles. The number of amides is 1. The predicted octanol–water partition coefficient (Wildman–Crippen LogP) is 1.54. The molecule has 2 aromatic carbocycles. The zero-order valence-corrected chi connectivity index (χ0v) is 15.5. The average molecular weight is 356 g/mol. The van der Waals surface area contributed by atoms with Crippen molar-refractivity contribution in [3.63, 3.8) is 0 Å². The van der Waals surface area contributed by atoms with Crippen LogP contribution in [0.25, 0.3) is 0 Å². The molecule has 0 bridgehead atoms. The molecule has 1 fully saturated rings. The molecule has 1 aliphatic heterocycles. The van der Waals surface area contributed by atoms with Crippen molar-refractivity contribution >= 4 is 11.6 Å². The molecule has 1 heterocycles. The van der Waals surface area contributed by atoms with Crippen molar-refractivity contribution in [1.82, 2.24) is 5.32 Å². The van der Waals surface area contributed by atoms with Crippen molar-refractivity contribution < 1.29 is 14.1 Å². The summed E-state index contributed by atoms with van der Waals surface area (Å²) in [6.07, 6.45) is 0. The molecule has 0 aliphatic carbocycles. The van der Waals surface area contributed by atoms with Crippen LogP contribution in [0.15, 0.2) is 48.5 Å². The van der Waals surface area contributed by atoms with Gasteiger partial charge in [0.2, 0.25) is 0 Å². The number of benzene rings is 2. The van der Waals surface area contributed by atoms with Gasteiger partial charge in [0.05, 0.1) is 26.2 Å². The number of rotatable bonds is 5. The van der Waals surface area contributed by atoms with Crippen molar-refractivity contribution in [3.8, 4) is 0 Å². The van der Waals surface area contributed by atoms with E-state index in [9.17, 15) is 9.18 Å². The zero-order valence-electron chi connectivity index (χ0n) is 15.5. The van der Waals surface area contributed by atoms with E-state index in [1.807, 2.05) is 19.1 Å². The fraction of sp³-hybridized carbons (Fsp3) is 0.381. The molecular weight excluding hydrogens is 329 g/mol. The van der Waals surface area contributed by atoms with E-state index in [-0.39, 0.29) is 17.8 Å². The second-order valence-corrected chi connectivity index (χ2v) is 7.05. The topological polar surface area (TPSA) is 36.8 Å². The summed E-state index contributed by atoms with van der Waals surface area (Å²) in [6, 6.07) is 14.8. The van der Waals surface area contributed by atoms with Crippen molar-refractivity contribution in [2.75, 3.05) is 31.1 Å². The molecule has 5 heteroatoms. The number of anilines is 1. The maximum Gasteiger partial charge on any atom is 0.278 e. The third-order valence-corrected chi connectivity index (χ3v) is 5.19. The lowest BCUT2D eigenvalue weighted by Crippen LogP contribution is -3.19. The third kappa shape index (κ3) is 4.61. The van der Waals surface area contributed by atoms with Gasteiger partial charge in [0.15, 0.2) is 6.04 Å². The van der Waals surface area contributed by atoms with Gasteiger partial charge in [-0.05, 0) is 43.7 Å². The summed E-state index contributed by atoms with van der Waals surface area (Å²) >= 11 is 0. The highest BCUT2D eigenvalue weighted by molar-refractivity contribution is 5.79. The number of aryl methyl sites for hydroxylation is 1. The lowest BCUT2D eigenvalue weighted by atomic mass is 10.1. The number of carbonyl (C=O) groups is 1. The number of quaternary nitrogens is 1. The normalized spacial score (nSPS) is 16.3. The number of hydrogen-bond donors (Lipinski definition) is 2. The van der Waals surface area contributed by atoms with Crippen LogP contribution < -0.4 is 15.1 Å². The molecule has 26 heavy (non-hydrogen) atoms. The summed E-state index contributed by atoms with van der Waals surface area (Å²) in [5.74, 6) is -0.118. The molecular formula is C21H27FN3O+. The number of carbonyl (C=O) groups excluding carboxylic acids is 1. The monoisotopic (exact) mass is 356 g/mol. The van der Waals surface area contributed by atoms with Gasteiger partial charge in [-0.3, -0.25) is 4.79 Å². The van der Waals surface area contributed by atoms with Crippen LogP contribution in [0.5, 0.6) is 0 Å². The van der Waals surface area contributed by atoms with E-state index in [0.29, 0.717) is 6.54 Å². The number of nitrogens with zero attached hydrogens (tertiary/aromatic N) is 1. The Morgan fingerprint density at radius 1 is 1.12 bits per heavy atom. The first-order valence-electron chi connectivity index (χ1n) is 9.21. The van der Waals surface area contributed by atoms with E-state index >= 15 is 0 Å². The molecule has 3 rings (SSSR count). The van der Waals surface area contributed by atoms with E-state index in [1.54, 1.807) is 0 Å². The number of hydrogen-bond acceptors (Lipinski definition) is 2. The molecule has 0 radical (unpaired) electrons. The summed E-state index contributed by atoms with van der Waals surface area (Å²) in [5, 5.41) is 3.05. The molecule has 0 aromatic heterocycles. The Kier molecular flexibility index (Phi) is 5.89. The summed E-state index contributed by atoms with van der Waals surface area (Å²) in [5.41, 5.74) is 3.38. The second-order valence-electron chi connectivity index (χ2n) is 7.05. The fourth-order valence-corrected chi connectivity index (χ4v) is 3.37. The minimum absolute atomic E-state index is 0.0733. The molecule has 1 aliphatic rings. The Morgan fingerprint density at radius 3 is 2.35 bits per heavy atom. The van der Waals surface area contributed by atoms with E-state index in [2.05, 4.69) is 41.4 Å². The lowest BCUT2D eigenvalue weighted by molar-refractivity contribution is -0.914. The van der Waals surface area contributed by atoms with E-state index in [1.165, 1.54) is 22.6 Å². The smallest absolute Gasteiger partial charge is 0.278 e. The molecule has 2 N–H and O–H groups in total. The van der Waals surface area contributed by atoms with Crippen LogP contribution in [-0.2, 0) is 11.3 Å². The van der Waals surface area contributed by atoms with Gasteiger partial charge in [0.25, 0.3) is 5.91 Å². The van der Waals surface area contributed by atoms with Crippen LogP contribution in [0.1, 0.15) is 18.1 Å². The average Bonchev–Trinajstić information content (AvgIpc) is 2.67. The maximum atomic E-state index is 13.1. The third-order valence-electron chi connectivity index (χ3n) is 5.19. The van der Waals surface area contributed by atoms with Gasteiger partial charge < -0.3 is 15.1 Å². The minimum atomic E-state index is -0.211. The van der Waals surface area contributed by atoms with Gasteiger partial charge in [-0.1, -0.05) is 29.8 Å². The summed E-state index contributed by atoms with van der Waals surface area (Å²) in [7, 11) is 0. The first-order valence-corrected chi connectivity index (χ1v) is 9.21. The Morgan fingerprint density at radius 2 is 1.73 bits per heavy atom. The van der Waals surface area contributed by atoms with Crippen LogP contribution in [0.3, 0.4) is 0 Å². The maximum absolute atomic E-state index is 13.1. The van der Waals surface area contributed by atoms with Crippen molar-refractivity contribution in [2.24, 2.45) is 0 Å². The zero-order chi connectivity index (χ0) is 18.5. The van der Waals surface area contributed by atoms with Gasteiger partial charge >= 0.3 is 0 Å². The molecule has 0 unspecified atom stereocenters. The summed E-state index contributed by atoms with van der Waals surface area (Å²) < 4.78 is 13.1. The molecule has 2 aromatic rings. The Balaban J connectivity index is 1.48. The molecule has 0 spiro atoms. The van der Waals surface area contributed by atoms with Crippen molar-refractivity contribution in [3.05, 3.63) is 65.5 Å². The van der Waals surface area contributed by atoms with Gasteiger partial charge in [-0.2, -0.15) is 0 Å². The lowest BCUT2D eigenvalue weighted by Gasteiger charge is -2.36. The standard InChI is InChI=1S/C21H26FN3O/c1-16-3-5-18(6-4-16)15-23-21(26)17(2)24-11-13-25(14-12-24)20-9-7-19(22)8-10-20/h3-10,17H,11-15H2,1-2H3,(H,23,26)/p+1/t17-/m1/s1. The minimum Gasteiger partial charge on any atom is -0.360 e. The number of halogens is 1. The van der Waals surface area contributed by atoms with Gasteiger partial charge in [0, 0.05) is 12.2 Å². The van der Waals surface area contributed by atoms with Crippen LogP contribution in [0, 0.1) is 12.7 Å². The van der Waals surface area contributed by atoms with Crippen LogP contribution in [-0.4, -0.2) is 38.1 Å². The van der Waals surface area contributed by atoms with Crippen molar-refractivity contribution in [2.45, 2.75) is 26.4 Å². The van der Waals surface area contributed by atoms with Gasteiger partial charge in [0.1, 0.15) is 5.82 Å². The molecule has 1 atom stereocenters. The number of piperazine rings is 1. The highest BCUT2D eigenvalue weighted by Crippen LogP contribution is 2.14. The van der Waals surface area contributed by atoms with Gasteiger partial charge in [-0.25, -0.2) is 4.39 Å². The highest BCUT2D eigenvalue weighted by atomic mass is 19.1. The molecule has 0 saturated carbocycles. The number of nitrogens with one attached hydrogen (secondary N) is 2. The van der Waals surface area contributed by atoms with E-state index in [4.69, 9.17) is 0 Å². The predicted molar refractivity (Wildman–Crippen MR) is 102 cm³/mol. The first-order chi connectivity index (χ1) is 12.5.